The first-order chi connectivity index (χ1) is 7.15. The van der Waals surface area contributed by atoms with E-state index in [2.05, 4.69) is 15.9 Å². The van der Waals surface area contributed by atoms with Crippen molar-refractivity contribution in [3.05, 3.63) is 34.2 Å². The lowest BCUT2D eigenvalue weighted by Crippen LogP contribution is -2.38. The zero-order valence-corrected chi connectivity index (χ0v) is 10.6. The lowest BCUT2D eigenvalue weighted by molar-refractivity contribution is 0.138. The largest absolute Gasteiger partial charge is 0.315 e. The Kier molecular flexibility index (Phi) is 3.01. The van der Waals surface area contributed by atoms with Crippen LogP contribution in [0.5, 0.6) is 0 Å². The second kappa shape index (κ2) is 4.12. The molecule has 2 rings (SSSR count). The molecule has 0 spiro atoms. The summed E-state index contributed by atoms with van der Waals surface area (Å²) < 4.78 is 1.84. The van der Waals surface area contributed by atoms with Crippen molar-refractivity contribution < 1.29 is 0 Å². The highest BCUT2D eigenvalue weighted by molar-refractivity contribution is 9.09. The standard InChI is InChI=1S/C12H16BrNO/c1-10-3-6-14(11(15)7-10)9-12(8-13)4-2-5-12/h3,6-7H,2,4-5,8-9H2,1H3. The van der Waals surface area contributed by atoms with Crippen molar-refractivity contribution in [1.29, 1.82) is 0 Å². The topological polar surface area (TPSA) is 22.0 Å². The molecule has 1 aliphatic rings. The Bertz CT molecular complexity index is 401. The summed E-state index contributed by atoms with van der Waals surface area (Å²) >= 11 is 3.56. The molecule has 1 fully saturated rings. The molecule has 1 aliphatic carbocycles. The predicted molar refractivity (Wildman–Crippen MR) is 65.5 cm³/mol. The smallest absolute Gasteiger partial charge is 0.250 e. The molecule has 0 N–H and O–H groups in total. The van der Waals surface area contributed by atoms with Crippen molar-refractivity contribution in [2.75, 3.05) is 5.33 Å². The van der Waals surface area contributed by atoms with E-state index < -0.39 is 0 Å². The molecule has 1 saturated carbocycles. The van der Waals surface area contributed by atoms with Gasteiger partial charge in [-0.3, -0.25) is 4.79 Å². The molecule has 82 valence electrons. The maximum Gasteiger partial charge on any atom is 0.250 e. The monoisotopic (exact) mass is 269 g/mol. The Morgan fingerprint density at radius 3 is 2.73 bits per heavy atom. The van der Waals surface area contributed by atoms with E-state index in [1.807, 2.05) is 23.8 Å². The van der Waals surface area contributed by atoms with Crippen LogP contribution in [0.2, 0.25) is 0 Å². The fraction of sp³-hybridized carbons (Fsp3) is 0.583. The minimum atomic E-state index is 0.127. The van der Waals surface area contributed by atoms with Gasteiger partial charge in [-0.25, -0.2) is 0 Å². The molecule has 0 unspecified atom stereocenters. The molecule has 3 heteroatoms. The highest BCUT2D eigenvalue weighted by Gasteiger charge is 2.36. The molecule has 15 heavy (non-hydrogen) atoms. The summed E-state index contributed by atoms with van der Waals surface area (Å²) in [5.74, 6) is 0. The molecule has 0 bridgehead atoms. The molecule has 0 saturated heterocycles. The van der Waals surface area contributed by atoms with E-state index in [1.165, 1.54) is 19.3 Å². The Morgan fingerprint density at radius 1 is 1.53 bits per heavy atom. The van der Waals surface area contributed by atoms with E-state index in [1.54, 1.807) is 6.07 Å². The number of hydrogen-bond donors (Lipinski definition) is 0. The van der Waals surface area contributed by atoms with Crippen LogP contribution in [0.25, 0.3) is 0 Å². The first-order valence-corrected chi connectivity index (χ1v) is 6.50. The Balaban J connectivity index is 2.20. The second-order valence-electron chi connectivity index (χ2n) is 4.66. The Morgan fingerprint density at radius 2 is 2.27 bits per heavy atom. The van der Waals surface area contributed by atoms with Crippen LogP contribution in [0.3, 0.4) is 0 Å². The van der Waals surface area contributed by atoms with Crippen LogP contribution in [0.15, 0.2) is 23.1 Å². The van der Waals surface area contributed by atoms with Gasteiger partial charge in [-0.15, -0.1) is 0 Å². The van der Waals surface area contributed by atoms with Crippen molar-refractivity contribution in [3.8, 4) is 0 Å². The number of alkyl halides is 1. The molecular formula is C12H16BrNO. The minimum Gasteiger partial charge on any atom is -0.315 e. The summed E-state index contributed by atoms with van der Waals surface area (Å²) in [4.78, 5) is 11.7. The van der Waals surface area contributed by atoms with E-state index in [0.29, 0.717) is 5.41 Å². The molecule has 1 heterocycles. The minimum absolute atomic E-state index is 0.127. The van der Waals surface area contributed by atoms with Gasteiger partial charge >= 0.3 is 0 Å². The van der Waals surface area contributed by atoms with E-state index in [4.69, 9.17) is 0 Å². The fourth-order valence-electron chi connectivity index (χ4n) is 2.11. The van der Waals surface area contributed by atoms with Crippen LogP contribution < -0.4 is 5.56 Å². The lowest BCUT2D eigenvalue weighted by Gasteiger charge is -2.40. The van der Waals surface area contributed by atoms with Gasteiger partial charge in [0.2, 0.25) is 0 Å². The molecule has 2 nitrogen and oxygen atoms in total. The van der Waals surface area contributed by atoms with Gasteiger partial charge in [0.15, 0.2) is 0 Å². The molecule has 1 aromatic heterocycles. The Hall–Kier alpha value is -0.570. The molecule has 1 aromatic rings. The van der Waals surface area contributed by atoms with Crippen LogP contribution in [0.4, 0.5) is 0 Å². The van der Waals surface area contributed by atoms with Gasteiger partial charge in [-0.1, -0.05) is 22.4 Å². The van der Waals surface area contributed by atoms with E-state index in [9.17, 15) is 4.79 Å². The Labute approximate surface area is 98.4 Å². The van der Waals surface area contributed by atoms with Gasteiger partial charge in [-0.05, 0) is 36.8 Å². The fourth-order valence-corrected chi connectivity index (χ4v) is 2.85. The number of nitrogens with zero attached hydrogens (tertiary/aromatic N) is 1. The zero-order chi connectivity index (χ0) is 10.9. The zero-order valence-electron chi connectivity index (χ0n) is 9.00. The number of rotatable bonds is 3. The van der Waals surface area contributed by atoms with Crippen LogP contribution >= 0.6 is 15.9 Å². The lowest BCUT2D eigenvalue weighted by atomic mass is 9.70. The van der Waals surface area contributed by atoms with Gasteiger partial charge in [0.1, 0.15) is 0 Å². The van der Waals surface area contributed by atoms with Gasteiger partial charge in [0.05, 0.1) is 0 Å². The molecule has 0 amide bonds. The van der Waals surface area contributed by atoms with Crippen molar-refractivity contribution in [2.45, 2.75) is 32.7 Å². The van der Waals surface area contributed by atoms with Crippen LogP contribution in [-0.2, 0) is 6.54 Å². The molecule has 0 atom stereocenters. The maximum absolute atomic E-state index is 11.7. The molecule has 0 radical (unpaired) electrons. The molecule has 0 aliphatic heterocycles. The summed E-state index contributed by atoms with van der Waals surface area (Å²) in [6.07, 6.45) is 5.68. The van der Waals surface area contributed by atoms with E-state index >= 15 is 0 Å². The third kappa shape index (κ3) is 2.17. The highest BCUT2D eigenvalue weighted by atomic mass is 79.9. The average Bonchev–Trinajstić information content (AvgIpc) is 2.14. The van der Waals surface area contributed by atoms with E-state index in [-0.39, 0.29) is 5.56 Å². The number of aryl methyl sites for hydroxylation is 1. The first kappa shape index (κ1) is 10.9. The third-order valence-electron chi connectivity index (χ3n) is 3.36. The highest BCUT2D eigenvalue weighted by Crippen LogP contribution is 2.43. The normalized spacial score (nSPS) is 18.5. The maximum atomic E-state index is 11.7. The second-order valence-corrected chi connectivity index (χ2v) is 5.22. The SMILES string of the molecule is Cc1ccn(CC2(CBr)CCC2)c(=O)c1. The predicted octanol–water partition coefficient (Wildman–Crippen LogP) is 2.72. The van der Waals surface area contributed by atoms with Gasteiger partial charge in [0, 0.05) is 24.1 Å². The first-order valence-electron chi connectivity index (χ1n) is 5.38. The quantitative estimate of drug-likeness (QED) is 0.774. The molecule has 0 aromatic carbocycles. The summed E-state index contributed by atoms with van der Waals surface area (Å²) in [5, 5.41) is 1.00. The van der Waals surface area contributed by atoms with Gasteiger partial charge in [-0.2, -0.15) is 0 Å². The number of aromatic nitrogens is 1. The van der Waals surface area contributed by atoms with Crippen LogP contribution in [0, 0.1) is 12.3 Å². The van der Waals surface area contributed by atoms with Crippen molar-refractivity contribution >= 4 is 15.9 Å². The number of pyridine rings is 1. The van der Waals surface area contributed by atoms with Crippen molar-refractivity contribution in [2.24, 2.45) is 5.41 Å². The molecular weight excluding hydrogens is 254 g/mol. The van der Waals surface area contributed by atoms with Crippen LogP contribution in [-0.4, -0.2) is 9.90 Å². The summed E-state index contributed by atoms with van der Waals surface area (Å²) in [6.45, 7) is 2.81. The van der Waals surface area contributed by atoms with Crippen molar-refractivity contribution in [1.82, 2.24) is 4.57 Å². The van der Waals surface area contributed by atoms with Crippen LogP contribution in [0.1, 0.15) is 24.8 Å². The summed E-state index contributed by atoms with van der Waals surface area (Å²) in [5.41, 5.74) is 1.50. The van der Waals surface area contributed by atoms with E-state index in [0.717, 1.165) is 17.4 Å². The summed E-state index contributed by atoms with van der Waals surface area (Å²) in [7, 11) is 0. The van der Waals surface area contributed by atoms with Gasteiger partial charge < -0.3 is 4.57 Å². The third-order valence-corrected chi connectivity index (χ3v) is 4.54. The average molecular weight is 270 g/mol. The van der Waals surface area contributed by atoms with Crippen molar-refractivity contribution in [3.63, 3.8) is 0 Å². The number of hydrogen-bond acceptors (Lipinski definition) is 1. The van der Waals surface area contributed by atoms with Gasteiger partial charge in [0.25, 0.3) is 5.56 Å². The summed E-state index contributed by atoms with van der Waals surface area (Å²) in [6, 6.07) is 3.71. The number of halogens is 1.